The number of aryl methyl sites for hydroxylation is 1. The van der Waals surface area contributed by atoms with Gasteiger partial charge in [0.15, 0.2) is 0 Å². The Hall–Kier alpha value is -1.62. The van der Waals surface area contributed by atoms with Gasteiger partial charge in [-0.05, 0) is 31.4 Å². The van der Waals surface area contributed by atoms with Crippen LogP contribution in [0.5, 0.6) is 0 Å². The van der Waals surface area contributed by atoms with Gasteiger partial charge in [0.2, 0.25) is 0 Å². The molecule has 1 aromatic rings. The number of aliphatic hydroxyl groups is 1. The van der Waals surface area contributed by atoms with Crippen LogP contribution in [0.4, 0.5) is 10.6 Å². The molecule has 0 aliphatic heterocycles. The molecule has 1 fully saturated rings. The molecule has 5 heteroatoms. The summed E-state index contributed by atoms with van der Waals surface area (Å²) in [5.74, 6) is 0.515. The SMILES string of the molecule is Cc1ccc(NC(=O)NCC2(O)CCCCCC2)nc1. The highest BCUT2D eigenvalue weighted by molar-refractivity contribution is 5.88. The summed E-state index contributed by atoms with van der Waals surface area (Å²) >= 11 is 0. The van der Waals surface area contributed by atoms with Crippen LogP contribution in [0.15, 0.2) is 18.3 Å². The molecule has 0 atom stereocenters. The number of anilines is 1. The predicted molar refractivity (Wildman–Crippen MR) is 78.6 cm³/mol. The first-order valence-electron chi connectivity index (χ1n) is 7.27. The number of nitrogens with zero attached hydrogens (tertiary/aromatic N) is 1. The molecule has 0 spiro atoms. The Kier molecular flexibility index (Phi) is 4.95. The van der Waals surface area contributed by atoms with Crippen LogP contribution in [0, 0.1) is 6.92 Å². The summed E-state index contributed by atoms with van der Waals surface area (Å²) in [6, 6.07) is 3.33. The second-order valence-electron chi connectivity index (χ2n) is 5.67. The van der Waals surface area contributed by atoms with Crippen molar-refractivity contribution in [3.8, 4) is 0 Å². The molecule has 0 saturated heterocycles. The third-order valence-corrected chi connectivity index (χ3v) is 3.77. The second kappa shape index (κ2) is 6.70. The Balaban J connectivity index is 1.80. The van der Waals surface area contributed by atoms with Gasteiger partial charge < -0.3 is 10.4 Å². The Morgan fingerprint density at radius 3 is 2.60 bits per heavy atom. The molecule has 2 amide bonds. The van der Waals surface area contributed by atoms with E-state index in [1.54, 1.807) is 12.3 Å². The van der Waals surface area contributed by atoms with Gasteiger partial charge in [0.1, 0.15) is 5.82 Å². The minimum atomic E-state index is -0.755. The van der Waals surface area contributed by atoms with Crippen molar-refractivity contribution in [3.05, 3.63) is 23.9 Å². The van der Waals surface area contributed by atoms with Crippen LogP contribution in [-0.4, -0.2) is 28.3 Å². The zero-order chi connectivity index (χ0) is 14.4. The van der Waals surface area contributed by atoms with Crippen LogP contribution in [0.1, 0.15) is 44.1 Å². The minimum absolute atomic E-state index is 0.296. The predicted octanol–water partition coefficient (Wildman–Crippen LogP) is 2.60. The third-order valence-electron chi connectivity index (χ3n) is 3.77. The normalized spacial score (nSPS) is 18.1. The number of aromatic nitrogens is 1. The van der Waals surface area contributed by atoms with Gasteiger partial charge in [0, 0.05) is 12.7 Å². The molecule has 0 radical (unpaired) electrons. The van der Waals surface area contributed by atoms with Gasteiger partial charge in [-0.15, -0.1) is 0 Å². The monoisotopic (exact) mass is 277 g/mol. The molecule has 1 aliphatic rings. The molecule has 3 N–H and O–H groups in total. The molecule has 1 aromatic heterocycles. The van der Waals surface area contributed by atoms with E-state index in [2.05, 4.69) is 15.6 Å². The van der Waals surface area contributed by atoms with Crippen LogP contribution in [0.2, 0.25) is 0 Å². The van der Waals surface area contributed by atoms with Gasteiger partial charge in [-0.2, -0.15) is 0 Å². The lowest BCUT2D eigenvalue weighted by molar-refractivity contribution is 0.0281. The first-order chi connectivity index (χ1) is 9.57. The first-order valence-corrected chi connectivity index (χ1v) is 7.27. The zero-order valence-electron chi connectivity index (χ0n) is 12.0. The highest BCUT2D eigenvalue weighted by Crippen LogP contribution is 2.26. The van der Waals surface area contributed by atoms with Gasteiger partial charge in [0.25, 0.3) is 0 Å². The van der Waals surface area contributed by atoms with Crippen molar-refractivity contribution in [2.75, 3.05) is 11.9 Å². The maximum Gasteiger partial charge on any atom is 0.320 e. The average Bonchev–Trinajstić information content (AvgIpc) is 2.65. The summed E-state index contributed by atoms with van der Waals surface area (Å²) in [5, 5.41) is 15.9. The minimum Gasteiger partial charge on any atom is -0.388 e. The Morgan fingerprint density at radius 2 is 2.00 bits per heavy atom. The van der Waals surface area contributed by atoms with Gasteiger partial charge in [-0.1, -0.05) is 31.7 Å². The van der Waals surface area contributed by atoms with E-state index in [-0.39, 0.29) is 6.03 Å². The fourth-order valence-electron chi connectivity index (χ4n) is 2.51. The lowest BCUT2D eigenvalue weighted by atomic mass is 9.95. The number of carbonyl (C=O) groups excluding carboxylic acids is 1. The van der Waals surface area contributed by atoms with Crippen molar-refractivity contribution in [2.24, 2.45) is 0 Å². The molecule has 110 valence electrons. The van der Waals surface area contributed by atoms with Gasteiger partial charge in [0.05, 0.1) is 5.60 Å². The lowest BCUT2D eigenvalue weighted by Gasteiger charge is -2.26. The molecule has 1 aliphatic carbocycles. The number of nitrogens with one attached hydrogen (secondary N) is 2. The molecular formula is C15H23N3O2. The number of hydrogen-bond donors (Lipinski definition) is 3. The Labute approximate surface area is 119 Å². The summed E-state index contributed by atoms with van der Waals surface area (Å²) in [4.78, 5) is 15.9. The van der Waals surface area contributed by atoms with Crippen LogP contribution >= 0.6 is 0 Å². The van der Waals surface area contributed by atoms with E-state index in [4.69, 9.17) is 0 Å². The molecule has 2 rings (SSSR count). The topological polar surface area (TPSA) is 74.2 Å². The second-order valence-corrected chi connectivity index (χ2v) is 5.67. The molecule has 5 nitrogen and oxygen atoms in total. The van der Waals surface area contributed by atoms with E-state index in [9.17, 15) is 9.90 Å². The molecule has 20 heavy (non-hydrogen) atoms. The van der Waals surface area contributed by atoms with E-state index in [1.165, 1.54) is 12.8 Å². The molecule has 1 saturated carbocycles. The quantitative estimate of drug-likeness (QED) is 0.743. The van der Waals surface area contributed by atoms with Crippen LogP contribution in [0.25, 0.3) is 0 Å². The van der Waals surface area contributed by atoms with Crippen LogP contribution in [0.3, 0.4) is 0 Å². The summed E-state index contributed by atoms with van der Waals surface area (Å²) < 4.78 is 0. The van der Waals surface area contributed by atoms with E-state index in [0.717, 1.165) is 31.2 Å². The standard InChI is InChI=1S/C15H23N3O2/c1-12-6-7-13(16-10-12)18-14(19)17-11-15(20)8-4-2-3-5-9-15/h6-7,10,20H,2-5,8-9,11H2,1H3,(H2,16,17,18,19). The van der Waals surface area contributed by atoms with Crippen molar-refractivity contribution in [3.63, 3.8) is 0 Å². The summed E-state index contributed by atoms with van der Waals surface area (Å²) in [5.41, 5.74) is 0.290. The molecule has 0 unspecified atom stereocenters. The maximum atomic E-state index is 11.8. The summed E-state index contributed by atoms with van der Waals surface area (Å²) in [6.45, 7) is 2.24. The number of pyridine rings is 1. The number of carbonyl (C=O) groups is 1. The lowest BCUT2D eigenvalue weighted by Crippen LogP contribution is -2.44. The van der Waals surface area contributed by atoms with E-state index >= 15 is 0 Å². The van der Waals surface area contributed by atoms with Crippen LogP contribution < -0.4 is 10.6 Å². The zero-order valence-corrected chi connectivity index (χ0v) is 12.0. The van der Waals surface area contributed by atoms with Crippen molar-refractivity contribution in [1.29, 1.82) is 0 Å². The van der Waals surface area contributed by atoms with Crippen molar-refractivity contribution < 1.29 is 9.90 Å². The number of hydrogen-bond acceptors (Lipinski definition) is 3. The molecule has 1 heterocycles. The van der Waals surface area contributed by atoms with Gasteiger partial charge >= 0.3 is 6.03 Å². The molecular weight excluding hydrogens is 254 g/mol. The third kappa shape index (κ3) is 4.49. The van der Waals surface area contributed by atoms with Crippen molar-refractivity contribution in [2.45, 2.75) is 51.0 Å². The Bertz CT molecular complexity index is 437. The van der Waals surface area contributed by atoms with E-state index < -0.39 is 5.60 Å². The maximum absolute atomic E-state index is 11.8. The van der Waals surface area contributed by atoms with Gasteiger partial charge in [-0.3, -0.25) is 5.32 Å². The fourth-order valence-corrected chi connectivity index (χ4v) is 2.51. The Morgan fingerprint density at radius 1 is 1.30 bits per heavy atom. The number of amides is 2. The largest absolute Gasteiger partial charge is 0.388 e. The van der Waals surface area contributed by atoms with Crippen molar-refractivity contribution >= 4 is 11.8 Å². The highest BCUT2D eigenvalue weighted by atomic mass is 16.3. The number of urea groups is 1. The van der Waals surface area contributed by atoms with E-state index in [0.29, 0.717) is 12.4 Å². The summed E-state index contributed by atoms with van der Waals surface area (Å²) in [7, 11) is 0. The highest BCUT2D eigenvalue weighted by Gasteiger charge is 2.28. The molecule has 0 bridgehead atoms. The van der Waals surface area contributed by atoms with Crippen LogP contribution in [-0.2, 0) is 0 Å². The average molecular weight is 277 g/mol. The summed E-state index contributed by atoms with van der Waals surface area (Å²) in [6.07, 6.45) is 7.61. The molecule has 0 aromatic carbocycles. The van der Waals surface area contributed by atoms with E-state index in [1.807, 2.05) is 13.0 Å². The van der Waals surface area contributed by atoms with Gasteiger partial charge in [-0.25, -0.2) is 9.78 Å². The first kappa shape index (κ1) is 14.8. The number of rotatable bonds is 3. The fraction of sp³-hybridized carbons (Fsp3) is 0.600. The smallest absolute Gasteiger partial charge is 0.320 e. The van der Waals surface area contributed by atoms with Crippen molar-refractivity contribution in [1.82, 2.24) is 10.3 Å².